The van der Waals surface area contributed by atoms with Crippen LogP contribution in [0.15, 0.2) is 6.07 Å². The van der Waals surface area contributed by atoms with E-state index in [1.54, 1.807) is 19.1 Å². The first-order valence-electron chi connectivity index (χ1n) is 6.63. The molecule has 0 atom stereocenters. The van der Waals surface area contributed by atoms with Crippen LogP contribution in [0.4, 0.5) is 11.6 Å². The van der Waals surface area contributed by atoms with Crippen molar-refractivity contribution < 1.29 is 9.53 Å². The zero-order valence-corrected chi connectivity index (χ0v) is 12.6. The molecule has 0 radical (unpaired) electrons. The highest BCUT2D eigenvalue weighted by molar-refractivity contribution is 5.80. The van der Waals surface area contributed by atoms with Gasteiger partial charge in [0.15, 0.2) is 5.82 Å². The van der Waals surface area contributed by atoms with Gasteiger partial charge in [0, 0.05) is 33.8 Å². The standard InChI is InChI=1S/C13H23N5O2/c1-5-6-15-10-7-12(17-11(16-10)9-20-4)18(3)8-13(19)14-2/h7H,5-6,8-9H2,1-4H3,(H,14,19)(H,15,16,17). The van der Waals surface area contributed by atoms with Crippen LogP contribution in [0.3, 0.4) is 0 Å². The molecule has 0 fully saturated rings. The maximum absolute atomic E-state index is 11.4. The van der Waals surface area contributed by atoms with Crippen molar-refractivity contribution in [3.63, 3.8) is 0 Å². The minimum Gasteiger partial charge on any atom is -0.377 e. The lowest BCUT2D eigenvalue weighted by molar-refractivity contribution is -0.119. The van der Waals surface area contributed by atoms with Crippen LogP contribution in [0.25, 0.3) is 0 Å². The second-order valence-electron chi connectivity index (χ2n) is 4.42. The first kappa shape index (κ1) is 16.2. The van der Waals surface area contributed by atoms with Crippen LogP contribution in [0.2, 0.25) is 0 Å². The predicted octanol–water partition coefficient (Wildman–Crippen LogP) is 0.627. The smallest absolute Gasteiger partial charge is 0.239 e. The number of nitrogens with one attached hydrogen (secondary N) is 2. The highest BCUT2D eigenvalue weighted by Crippen LogP contribution is 2.15. The summed E-state index contributed by atoms with van der Waals surface area (Å²) in [6.45, 7) is 3.50. The molecule has 1 amide bonds. The highest BCUT2D eigenvalue weighted by atomic mass is 16.5. The molecule has 2 N–H and O–H groups in total. The third-order valence-electron chi connectivity index (χ3n) is 2.64. The molecule has 0 aliphatic heterocycles. The summed E-state index contributed by atoms with van der Waals surface area (Å²) in [5.41, 5.74) is 0. The number of anilines is 2. The molecule has 1 rings (SSSR count). The Bertz CT molecular complexity index is 439. The average molecular weight is 281 g/mol. The number of hydrogen-bond acceptors (Lipinski definition) is 6. The van der Waals surface area contributed by atoms with E-state index in [0.29, 0.717) is 18.2 Å². The monoisotopic (exact) mass is 281 g/mol. The van der Waals surface area contributed by atoms with Crippen LogP contribution in [-0.2, 0) is 16.1 Å². The third-order valence-corrected chi connectivity index (χ3v) is 2.64. The highest BCUT2D eigenvalue weighted by Gasteiger charge is 2.11. The van der Waals surface area contributed by atoms with Crippen molar-refractivity contribution in [2.24, 2.45) is 0 Å². The molecule has 0 spiro atoms. The summed E-state index contributed by atoms with van der Waals surface area (Å²) in [5.74, 6) is 1.96. The molecule has 0 bridgehead atoms. The number of likely N-dealkylation sites (N-methyl/N-ethyl adjacent to an activating group) is 2. The number of nitrogens with zero attached hydrogens (tertiary/aromatic N) is 3. The van der Waals surface area contributed by atoms with Gasteiger partial charge < -0.3 is 20.3 Å². The van der Waals surface area contributed by atoms with E-state index in [4.69, 9.17) is 4.74 Å². The molecule has 0 aromatic carbocycles. The molecule has 0 saturated heterocycles. The van der Waals surface area contributed by atoms with Crippen LogP contribution < -0.4 is 15.5 Å². The summed E-state index contributed by atoms with van der Waals surface area (Å²) >= 11 is 0. The number of ether oxygens (including phenoxy) is 1. The molecule has 1 aromatic rings. The normalized spacial score (nSPS) is 10.2. The number of hydrogen-bond donors (Lipinski definition) is 2. The molecular formula is C13H23N5O2. The van der Waals surface area contributed by atoms with Crippen molar-refractivity contribution in [3.8, 4) is 0 Å². The molecule has 0 aliphatic rings. The van der Waals surface area contributed by atoms with Crippen LogP contribution in [0, 0.1) is 0 Å². The fraction of sp³-hybridized carbons (Fsp3) is 0.615. The van der Waals surface area contributed by atoms with Gasteiger partial charge in [-0.15, -0.1) is 0 Å². The van der Waals surface area contributed by atoms with E-state index in [1.165, 1.54) is 0 Å². The van der Waals surface area contributed by atoms with Crippen molar-refractivity contribution in [2.75, 3.05) is 44.5 Å². The number of amides is 1. The van der Waals surface area contributed by atoms with Crippen LogP contribution >= 0.6 is 0 Å². The second-order valence-corrected chi connectivity index (χ2v) is 4.42. The molecule has 1 heterocycles. The number of methoxy groups -OCH3 is 1. The number of carbonyl (C=O) groups excluding carboxylic acids is 1. The summed E-state index contributed by atoms with van der Waals surface area (Å²) < 4.78 is 5.07. The molecule has 0 aliphatic carbocycles. The van der Waals surface area contributed by atoms with Gasteiger partial charge in [0.2, 0.25) is 5.91 Å². The molecule has 20 heavy (non-hydrogen) atoms. The zero-order chi connectivity index (χ0) is 15.0. The summed E-state index contributed by atoms with van der Waals surface area (Å²) in [5, 5.41) is 5.81. The predicted molar refractivity (Wildman–Crippen MR) is 78.9 cm³/mol. The molecule has 7 nitrogen and oxygen atoms in total. The summed E-state index contributed by atoms with van der Waals surface area (Å²) in [7, 11) is 5.03. The molecule has 112 valence electrons. The molecule has 1 aromatic heterocycles. The fourth-order valence-corrected chi connectivity index (χ4v) is 1.59. The van der Waals surface area contributed by atoms with E-state index < -0.39 is 0 Å². The first-order valence-corrected chi connectivity index (χ1v) is 6.63. The Kier molecular flexibility index (Phi) is 6.72. The van der Waals surface area contributed by atoms with Crippen molar-refractivity contribution in [1.82, 2.24) is 15.3 Å². The Morgan fingerprint density at radius 3 is 2.80 bits per heavy atom. The average Bonchev–Trinajstić information content (AvgIpc) is 2.45. The fourth-order valence-electron chi connectivity index (χ4n) is 1.59. The second kappa shape index (κ2) is 8.31. The minimum atomic E-state index is -0.0672. The molecular weight excluding hydrogens is 258 g/mol. The van der Waals surface area contributed by atoms with E-state index in [1.807, 2.05) is 13.1 Å². The van der Waals surface area contributed by atoms with Crippen molar-refractivity contribution in [2.45, 2.75) is 20.0 Å². The molecule has 0 saturated carbocycles. The van der Waals surface area contributed by atoms with Crippen LogP contribution in [0.5, 0.6) is 0 Å². The lowest BCUT2D eigenvalue weighted by Crippen LogP contribution is -2.33. The van der Waals surface area contributed by atoms with E-state index in [9.17, 15) is 4.79 Å². The Hall–Kier alpha value is -1.89. The van der Waals surface area contributed by atoms with Gasteiger partial charge in [-0.2, -0.15) is 0 Å². The zero-order valence-electron chi connectivity index (χ0n) is 12.6. The largest absolute Gasteiger partial charge is 0.377 e. The minimum absolute atomic E-state index is 0.0672. The number of carbonyl (C=O) groups is 1. The third kappa shape index (κ3) is 5.00. The SMILES string of the molecule is CCCNc1cc(N(C)CC(=O)NC)nc(COC)n1. The van der Waals surface area contributed by atoms with Gasteiger partial charge in [-0.1, -0.05) is 6.92 Å². The first-order chi connectivity index (χ1) is 9.60. The quantitative estimate of drug-likeness (QED) is 0.727. The maximum Gasteiger partial charge on any atom is 0.239 e. The Labute approximate surface area is 119 Å². The maximum atomic E-state index is 11.4. The van der Waals surface area contributed by atoms with E-state index in [-0.39, 0.29) is 12.5 Å². The number of aromatic nitrogens is 2. The molecule has 7 heteroatoms. The van der Waals surface area contributed by atoms with E-state index >= 15 is 0 Å². The van der Waals surface area contributed by atoms with Gasteiger partial charge >= 0.3 is 0 Å². The van der Waals surface area contributed by atoms with Crippen molar-refractivity contribution >= 4 is 17.5 Å². The van der Waals surface area contributed by atoms with Gasteiger partial charge in [0.05, 0.1) is 6.54 Å². The molecule has 0 unspecified atom stereocenters. The van der Waals surface area contributed by atoms with Crippen LogP contribution in [0.1, 0.15) is 19.2 Å². The van der Waals surface area contributed by atoms with E-state index in [2.05, 4.69) is 27.5 Å². The van der Waals surface area contributed by atoms with Gasteiger partial charge in [-0.25, -0.2) is 9.97 Å². The van der Waals surface area contributed by atoms with Gasteiger partial charge in [-0.3, -0.25) is 4.79 Å². The summed E-state index contributed by atoms with van der Waals surface area (Å²) in [4.78, 5) is 22.0. The van der Waals surface area contributed by atoms with Crippen molar-refractivity contribution in [3.05, 3.63) is 11.9 Å². The topological polar surface area (TPSA) is 79.4 Å². The van der Waals surface area contributed by atoms with Gasteiger partial charge in [0.1, 0.15) is 18.2 Å². The Balaban J connectivity index is 2.91. The Morgan fingerprint density at radius 2 is 2.20 bits per heavy atom. The summed E-state index contributed by atoms with van der Waals surface area (Å²) in [6, 6.07) is 1.83. The van der Waals surface area contributed by atoms with Gasteiger partial charge in [-0.05, 0) is 6.42 Å². The number of rotatable bonds is 8. The van der Waals surface area contributed by atoms with Gasteiger partial charge in [0.25, 0.3) is 0 Å². The lowest BCUT2D eigenvalue weighted by Gasteiger charge is -2.18. The van der Waals surface area contributed by atoms with Crippen molar-refractivity contribution in [1.29, 1.82) is 0 Å². The lowest BCUT2D eigenvalue weighted by atomic mass is 10.4. The van der Waals surface area contributed by atoms with E-state index in [0.717, 1.165) is 18.8 Å². The Morgan fingerprint density at radius 1 is 1.45 bits per heavy atom. The summed E-state index contributed by atoms with van der Waals surface area (Å²) in [6.07, 6.45) is 1.01. The van der Waals surface area contributed by atoms with Crippen LogP contribution in [-0.4, -0.2) is 50.2 Å².